The molecule has 0 aliphatic carbocycles. The van der Waals surface area contributed by atoms with Crippen LogP contribution >= 0.6 is 23.4 Å². The summed E-state index contributed by atoms with van der Waals surface area (Å²) in [6.07, 6.45) is 0.765. The van der Waals surface area contributed by atoms with E-state index in [0.717, 1.165) is 17.7 Å². The first-order chi connectivity index (χ1) is 11.1. The number of para-hydroxylation sites is 1. The van der Waals surface area contributed by atoms with Crippen LogP contribution in [0.3, 0.4) is 0 Å². The van der Waals surface area contributed by atoms with Crippen molar-refractivity contribution in [2.24, 2.45) is 0 Å². The highest BCUT2D eigenvalue weighted by molar-refractivity contribution is 8.00. The number of benzene rings is 1. The van der Waals surface area contributed by atoms with Gasteiger partial charge >= 0.3 is 0 Å². The molecule has 1 aliphatic rings. The number of fused-ring (bicyclic) bond motifs is 1. The number of nitrogens with zero attached hydrogens (tertiary/aromatic N) is 2. The van der Waals surface area contributed by atoms with Crippen molar-refractivity contribution in [3.63, 3.8) is 0 Å². The van der Waals surface area contributed by atoms with Crippen LogP contribution in [-0.4, -0.2) is 28.0 Å². The SMILES string of the molecule is C[C@H](Sc1ccc(Cl)nn1)C(=O)N[C@H]1CCOc2ccccc21. The summed E-state index contributed by atoms with van der Waals surface area (Å²) in [4.78, 5) is 12.4. The minimum absolute atomic E-state index is 0.0215. The predicted molar refractivity (Wildman–Crippen MR) is 89.8 cm³/mol. The highest BCUT2D eigenvalue weighted by atomic mass is 35.5. The van der Waals surface area contributed by atoms with E-state index in [1.165, 1.54) is 11.8 Å². The van der Waals surface area contributed by atoms with Crippen LogP contribution in [0.15, 0.2) is 41.4 Å². The van der Waals surface area contributed by atoms with Gasteiger partial charge in [0.2, 0.25) is 5.91 Å². The minimum Gasteiger partial charge on any atom is -0.493 e. The molecule has 0 unspecified atom stereocenters. The van der Waals surface area contributed by atoms with Crippen LogP contribution in [0.4, 0.5) is 0 Å². The molecule has 5 nitrogen and oxygen atoms in total. The number of rotatable bonds is 4. The molecular weight excluding hydrogens is 334 g/mol. The number of thioether (sulfide) groups is 1. The zero-order valence-electron chi connectivity index (χ0n) is 12.5. The maximum Gasteiger partial charge on any atom is 0.233 e. The number of carbonyl (C=O) groups is 1. The molecule has 0 saturated heterocycles. The Morgan fingerprint density at radius 2 is 2.17 bits per heavy atom. The molecule has 2 aromatic rings. The molecule has 1 N–H and O–H groups in total. The van der Waals surface area contributed by atoms with E-state index in [9.17, 15) is 4.79 Å². The smallest absolute Gasteiger partial charge is 0.233 e. The van der Waals surface area contributed by atoms with E-state index in [1.54, 1.807) is 12.1 Å². The molecule has 1 aliphatic heterocycles. The molecule has 7 heteroatoms. The minimum atomic E-state index is -0.277. The highest BCUT2D eigenvalue weighted by Crippen LogP contribution is 2.32. The Kier molecular flexibility index (Phi) is 5.03. The van der Waals surface area contributed by atoms with Gasteiger partial charge in [-0.05, 0) is 25.1 Å². The zero-order valence-corrected chi connectivity index (χ0v) is 14.1. The number of halogens is 1. The molecule has 1 aromatic heterocycles. The van der Waals surface area contributed by atoms with Gasteiger partial charge in [-0.3, -0.25) is 4.79 Å². The van der Waals surface area contributed by atoms with E-state index in [-0.39, 0.29) is 17.2 Å². The second kappa shape index (κ2) is 7.19. The fraction of sp³-hybridized carbons (Fsp3) is 0.312. The van der Waals surface area contributed by atoms with Crippen LogP contribution in [0.5, 0.6) is 5.75 Å². The van der Waals surface area contributed by atoms with Crippen LogP contribution in [0.2, 0.25) is 5.15 Å². The lowest BCUT2D eigenvalue weighted by Crippen LogP contribution is -2.36. The van der Waals surface area contributed by atoms with Crippen molar-refractivity contribution in [2.45, 2.75) is 29.7 Å². The fourth-order valence-corrected chi connectivity index (χ4v) is 3.26. The summed E-state index contributed by atoms with van der Waals surface area (Å²) >= 11 is 7.07. The van der Waals surface area contributed by atoms with Gasteiger partial charge in [0.15, 0.2) is 5.15 Å². The average Bonchev–Trinajstić information content (AvgIpc) is 2.57. The average molecular weight is 350 g/mol. The maximum absolute atomic E-state index is 12.4. The molecular formula is C16H16ClN3O2S. The lowest BCUT2D eigenvalue weighted by Gasteiger charge is -2.27. The third kappa shape index (κ3) is 3.95. The van der Waals surface area contributed by atoms with Crippen LogP contribution in [-0.2, 0) is 4.79 Å². The van der Waals surface area contributed by atoms with Gasteiger partial charge in [-0.25, -0.2) is 0 Å². The topological polar surface area (TPSA) is 64.1 Å². The van der Waals surface area contributed by atoms with Crippen LogP contribution < -0.4 is 10.1 Å². The van der Waals surface area contributed by atoms with Crippen LogP contribution in [0.1, 0.15) is 24.9 Å². The van der Waals surface area contributed by atoms with E-state index in [4.69, 9.17) is 16.3 Å². The van der Waals surface area contributed by atoms with Gasteiger partial charge in [-0.15, -0.1) is 10.2 Å². The number of aromatic nitrogens is 2. The third-order valence-electron chi connectivity index (χ3n) is 3.55. The second-order valence-corrected chi connectivity index (χ2v) is 6.94. The van der Waals surface area contributed by atoms with E-state index in [0.29, 0.717) is 16.8 Å². The molecule has 1 aromatic carbocycles. The summed E-state index contributed by atoms with van der Waals surface area (Å²) in [6, 6.07) is 11.2. The Morgan fingerprint density at radius 3 is 2.96 bits per heavy atom. The lowest BCUT2D eigenvalue weighted by molar-refractivity contribution is -0.121. The fourth-order valence-electron chi connectivity index (χ4n) is 2.38. The Labute approximate surface area is 143 Å². The monoisotopic (exact) mass is 349 g/mol. The Bertz CT molecular complexity index is 696. The number of amides is 1. The third-order valence-corrected chi connectivity index (χ3v) is 4.78. The van der Waals surface area contributed by atoms with E-state index >= 15 is 0 Å². The number of hydrogen-bond donors (Lipinski definition) is 1. The van der Waals surface area contributed by atoms with Crippen molar-refractivity contribution < 1.29 is 9.53 Å². The summed E-state index contributed by atoms with van der Waals surface area (Å²) in [7, 11) is 0. The summed E-state index contributed by atoms with van der Waals surface area (Å²) in [5.74, 6) is 0.807. The number of nitrogens with one attached hydrogen (secondary N) is 1. The Morgan fingerprint density at radius 1 is 1.35 bits per heavy atom. The normalized spacial score (nSPS) is 17.7. The molecule has 0 saturated carbocycles. The molecule has 2 heterocycles. The highest BCUT2D eigenvalue weighted by Gasteiger charge is 2.25. The van der Waals surface area contributed by atoms with Crippen molar-refractivity contribution >= 4 is 29.3 Å². The van der Waals surface area contributed by atoms with Crippen LogP contribution in [0, 0.1) is 0 Å². The van der Waals surface area contributed by atoms with Crippen molar-refractivity contribution in [1.29, 1.82) is 0 Å². The van der Waals surface area contributed by atoms with Crippen molar-refractivity contribution in [2.75, 3.05) is 6.61 Å². The van der Waals surface area contributed by atoms with Crippen molar-refractivity contribution in [1.82, 2.24) is 15.5 Å². The van der Waals surface area contributed by atoms with Gasteiger partial charge < -0.3 is 10.1 Å². The van der Waals surface area contributed by atoms with Crippen molar-refractivity contribution in [3.05, 3.63) is 47.1 Å². The molecule has 0 radical (unpaired) electrons. The predicted octanol–water partition coefficient (Wildman–Crippen LogP) is 3.25. The van der Waals surface area contributed by atoms with Crippen LogP contribution in [0.25, 0.3) is 0 Å². The number of hydrogen-bond acceptors (Lipinski definition) is 5. The molecule has 2 atom stereocenters. The Balaban J connectivity index is 1.64. The quantitative estimate of drug-likeness (QED) is 0.858. The summed E-state index contributed by atoms with van der Waals surface area (Å²) in [5, 5.41) is 11.6. The first kappa shape index (κ1) is 16.1. The van der Waals surface area contributed by atoms with E-state index in [1.807, 2.05) is 31.2 Å². The molecule has 120 valence electrons. The van der Waals surface area contributed by atoms with E-state index < -0.39 is 0 Å². The molecule has 1 amide bonds. The van der Waals surface area contributed by atoms with Gasteiger partial charge in [-0.2, -0.15) is 0 Å². The first-order valence-corrected chi connectivity index (χ1v) is 8.57. The molecule has 23 heavy (non-hydrogen) atoms. The number of ether oxygens (including phenoxy) is 1. The summed E-state index contributed by atoms with van der Waals surface area (Å²) in [6.45, 7) is 2.45. The van der Waals surface area contributed by atoms with Gasteiger partial charge in [0.25, 0.3) is 0 Å². The van der Waals surface area contributed by atoms with Gasteiger partial charge in [-0.1, -0.05) is 41.6 Å². The van der Waals surface area contributed by atoms with Gasteiger partial charge in [0.05, 0.1) is 17.9 Å². The summed E-state index contributed by atoms with van der Waals surface area (Å²) < 4.78 is 5.62. The largest absolute Gasteiger partial charge is 0.493 e. The standard InChI is InChI=1S/C16H16ClN3O2S/c1-10(23-15-7-6-14(17)19-20-15)16(21)18-12-8-9-22-13-5-3-2-4-11(12)13/h2-7,10,12H,8-9H2,1H3,(H,18,21)/t10-,12-/m0/s1. The van der Waals surface area contributed by atoms with Gasteiger partial charge in [0.1, 0.15) is 10.8 Å². The second-order valence-electron chi connectivity index (χ2n) is 5.19. The van der Waals surface area contributed by atoms with Gasteiger partial charge in [0, 0.05) is 12.0 Å². The number of carbonyl (C=O) groups excluding carboxylic acids is 1. The Hall–Kier alpha value is -1.79. The zero-order chi connectivity index (χ0) is 16.2. The molecule has 3 rings (SSSR count). The summed E-state index contributed by atoms with van der Waals surface area (Å²) in [5.41, 5.74) is 1.02. The molecule has 0 bridgehead atoms. The first-order valence-electron chi connectivity index (χ1n) is 7.31. The van der Waals surface area contributed by atoms with Crippen molar-refractivity contribution in [3.8, 4) is 5.75 Å². The van der Waals surface area contributed by atoms with E-state index in [2.05, 4.69) is 15.5 Å². The maximum atomic E-state index is 12.4. The molecule has 0 fully saturated rings. The lowest BCUT2D eigenvalue weighted by atomic mass is 10.0. The molecule has 0 spiro atoms.